The fourth-order valence-corrected chi connectivity index (χ4v) is 6.30. The SMILES string of the molecule is COc1ccc2c(c1)[C@]1(CCNCCc3ccc(S(N)(=O)=O)cc3)CCN(C)[C@H](C2)[C@@H]1C. The van der Waals surface area contributed by atoms with E-state index in [1.54, 1.807) is 19.2 Å². The molecule has 0 unspecified atom stereocenters. The Balaban J connectivity index is 1.42. The molecule has 0 radical (unpaired) electrons. The second-order valence-corrected chi connectivity index (χ2v) is 11.0. The Bertz CT molecular complexity index is 1050. The maximum Gasteiger partial charge on any atom is 0.238 e. The summed E-state index contributed by atoms with van der Waals surface area (Å²) in [5, 5.41) is 8.81. The van der Waals surface area contributed by atoms with Gasteiger partial charge in [0, 0.05) is 11.5 Å². The van der Waals surface area contributed by atoms with Crippen LogP contribution in [-0.4, -0.2) is 53.2 Å². The van der Waals surface area contributed by atoms with Crippen molar-refractivity contribution in [1.29, 1.82) is 0 Å². The van der Waals surface area contributed by atoms with E-state index in [0.717, 1.165) is 56.6 Å². The van der Waals surface area contributed by atoms with Gasteiger partial charge in [-0.15, -0.1) is 0 Å². The molecule has 3 N–H and O–H groups in total. The molecule has 0 amide bonds. The number of methoxy groups -OCH3 is 1. The fraction of sp³-hybridized carbons (Fsp3) is 0.520. The lowest BCUT2D eigenvalue weighted by Crippen LogP contribution is -2.58. The highest BCUT2D eigenvalue weighted by molar-refractivity contribution is 7.89. The van der Waals surface area contributed by atoms with E-state index in [4.69, 9.17) is 9.88 Å². The molecule has 2 bridgehead atoms. The number of benzene rings is 2. The van der Waals surface area contributed by atoms with E-state index in [-0.39, 0.29) is 10.3 Å². The Morgan fingerprint density at radius 1 is 1.19 bits per heavy atom. The van der Waals surface area contributed by atoms with Crippen LogP contribution in [0, 0.1) is 5.92 Å². The van der Waals surface area contributed by atoms with Crippen molar-refractivity contribution in [2.24, 2.45) is 11.1 Å². The van der Waals surface area contributed by atoms with E-state index in [9.17, 15) is 8.42 Å². The molecule has 3 atom stereocenters. The number of hydrogen-bond acceptors (Lipinski definition) is 5. The first kappa shape index (κ1) is 23.2. The summed E-state index contributed by atoms with van der Waals surface area (Å²) in [5.41, 5.74) is 4.22. The van der Waals surface area contributed by atoms with Crippen LogP contribution in [0.3, 0.4) is 0 Å². The molecule has 2 aliphatic rings. The summed E-state index contributed by atoms with van der Waals surface area (Å²) < 4.78 is 28.4. The van der Waals surface area contributed by atoms with Crippen molar-refractivity contribution in [1.82, 2.24) is 10.2 Å². The third kappa shape index (κ3) is 4.44. The number of fused-ring (bicyclic) bond motifs is 4. The number of rotatable bonds is 8. The molecule has 4 rings (SSSR count). The van der Waals surface area contributed by atoms with Crippen LogP contribution in [0.15, 0.2) is 47.4 Å². The minimum absolute atomic E-state index is 0.158. The molecule has 0 saturated carbocycles. The van der Waals surface area contributed by atoms with Gasteiger partial charge < -0.3 is 15.0 Å². The highest BCUT2D eigenvalue weighted by Crippen LogP contribution is 2.51. The van der Waals surface area contributed by atoms with Gasteiger partial charge in [-0.25, -0.2) is 13.6 Å². The quantitative estimate of drug-likeness (QED) is 0.596. The van der Waals surface area contributed by atoms with E-state index in [1.807, 2.05) is 12.1 Å². The Morgan fingerprint density at radius 3 is 2.62 bits per heavy atom. The van der Waals surface area contributed by atoms with Gasteiger partial charge in [-0.2, -0.15) is 0 Å². The van der Waals surface area contributed by atoms with Gasteiger partial charge in [0.05, 0.1) is 12.0 Å². The zero-order valence-electron chi connectivity index (χ0n) is 19.3. The van der Waals surface area contributed by atoms with Crippen molar-refractivity contribution < 1.29 is 13.2 Å². The number of likely N-dealkylation sites (N-methyl/N-ethyl adjacent to an activating group) is 1. The number of primary sulfonamides is 1. The largest absolute Gasteiger partial charge is 0.497 e. The standard InChI is InChI=1S/C25H35N3O3S/c1-18-24-16-20-6-7-21(31-3)17-23(20)25(18,12-15-28(24)2)11-14-27-13-10-19-4-8-22(9-5-19)32(26,29)30/h4-9,17-18,24,27H,10-16H2,1-3H3,(H2,26,29,30)/t18-,24+,25+/m0/s1. The van der Waals surface area contributed by atoms with Gasteiger partial charge in [-0.1, -0.05) is 25.1 Å². The van der Waals surface area contributed by atoms with Crippen LogP contribution in [0.5, 0.6) is 5.75 Å². The molecule has 1 saturated heterocycles. The zero-order valence-corrected chi connectivity index (χ0v) is 20.1. The van der Waals surface area contributed by atoms with E-state index in [1.165, 1.54) is 11.1 Å². The molecule has 1 aliphatic carbocycles. The first-order valence-corrected chi connectivity index (χ1v) is 13.0. The lowest BCUT2D eigenvalue weighted by molar-refractivity contribution is 0.0360. The molecule has 2 aromatic carbocycles. The first-order valence-electron chi connectivity index (χ1n) is 11.4. The predicted octanol–water partition coefficient (Wildman–Crippen LogP) is 2.70. The molecule has 32 heavy (non-hydrogen) atoms. The number of likely N-dealkylation sites (tertiary alicyclic amines) is 1. The van der Waals surface area contributed by atoms with E-state index < -0.39 is 10.0 Å². The van der Waals surface area contributed by atoms with Crippen molar-refractivity contribution in [3.63, 3.8) is 0 Å². The van der Waals surface area contributed by atoms with Crippen LogP contribution in [0.1, 0.15) is 36.5 Å². The predicted molar refractivity (Wildman–Crippen MR) is 128 cm³/mol. The van der Waals surface area contributed by atoms with Crippen LogP contribution >= 0.6 is 0 Å². The summed E-state index contributed by atoms with van der Waals surface area (Å²) in [6.45, 7) is 5.36. The Kier molecular flexibility index (Phi) is 6.63. The Morgan fingerprint density at radius 2 is 1.94 bits per heavy atom. The van der Waals surface area contributed by atoms with E-state index in [0.29, 0.717) is 12.0 Å². The Hall–Kier alpha value is -1.93. The van der Waals surface area contributed by atoms with Crippen molar-refractivity contribution in [2.45, 2.75) is 49.0 Å². The minimum atomic E-state index is -3.64. The molecule has 1 fully saturated rings. The average Bonchev–Trinajstić information content (AvgIpc) is 2.77. The maximum absolute atomic E-state index is 11.4. The normalized spacial score (nSPS) is 25.4. The highest BCUT2D eigenvalue weighted by atomic mass is 32.2. The number of sulfonamides is 1. The maximum atomic E-state index is 11.4. The molecular formula is C25H35N3O3S. The molecule has 2 aromatic rings. The van der Waals surface area contributed by atoms with E-state index >= 15 is 0 Å². The number of nitrogens with two attached hydrogens (primary N) is 1. The summed E-state index contributed by atoms with van der Waals surface area (Å²) in [4.78, 5) is 2.69. The zero-order chi connectivity index (χ0) is 22.9. The minimum Gasteiger partial charge on any atom is -0.497 e. The number of piperidine rings is 1. The van der Waals surface area contributed by atoms with Gasteiger partial charge in [0.1, 0.15) is 5.75 Å². The summed E-state index contributed by atoms with van der Waals surface area (Å²) in [6, 6.07) is 14.1. The average molecular weight is 458 g/mol. The third-order valence-electron chi connectivity index (χ3n) is 7.80. The van der Waals surface area contributed by atoms with Crippen LogP contribution in [0.25, 0.3) is 0 Å². The van der Waals surface area contributed by atoms with Gasteiger partial charge in [-0.3, -0.25) is 0 Å². The molecule has 1 aliphatic heterocycles. The van der Waals surface area contributed by atoms with Crippen LogP contribution in [0.4, 0.5) is 0 Å². The molecule has 7 heteroatoms. The molecule has 0 spiro atoms. The van der Waals surface area contributed by atoms with E-state index in [2.05, 4.69) is 42.4 Å². The summed E-state index contributed by atoms with van der Waals surface area (Å²) in [5.74, 6) is 1.54. The lowest BCUT2D eigenvalue weighted by atomic mass is 9.56. The fourth-order valence-electron chi connectivity index (χ4n) is 5.78. The van der Waals surface area contributed by atoms with Crippen molar-refractivity contribution in [3.05, 3.63) is 59.2 Å². The first-order chi connectivity index (χ1) is 15.2. The lowest BCUT2D eigenvalue weighted by Gasteiger charge is -2.55. The second-order valence-electron chi connectivity index (χ2n) is 9.41. The van der Waals surface area contributed by atoms with Crippen LogP contribution < -0.4 is 15.2 Å². The number of ether oxygens (including phenoxy) is 1. The number of hydrogen-bond donors (Lipinski definition) is 2. The van der Waals surface area contributed by atoms with Crippen molar-refractivity contribution >= 4 is 10.0 Å². The summed E-state index contributed by atoms with van der Waals surface area (Å²) in [6.07, 6.45) is 4.23. The van der Waals surface area contributed by atoms with Crippen molar-refractivity contribution in [2.75, 3.05) is 33.8 Å². The van der Waals surface area contributed by atoms with Gasteiger partial charge >= 0.3 is 0 Å². The highest BCUT2D eigenvalue weighted by Gasteiger charge is 2.50. The Labute approximate surface area is 192 Å². The third-order valence-corrected chi connectivity index (χ3v) is 8.73. The number of nitrogens with one attached hydrogen (secondary N) is 1. The molecule has 6 nitrogen and oxygen atoms in total. The monoisotopic (exact) mass is 457 g/mol. The van der Waals surface area contributed by atoms with Crippen LogP contribution in [0.2, 0.25) is 0 Å². The topological polar surface area (TPSA) is 84.7 Å². The number of nitrogens with zero attached hydrogens (tertiary/aromatic N) is 1. The smallest absolute Gasteiger partial charge is 0.238 e. The second kappa shape index (κ2) is 9.14. The molecule has 0 aromatic heterocycles. The van der Waals surface area contributed by atoms with Crippen molar-refractivity contribution in [3.8, 4) is 5.75 Å². The molecule has 1 heterocycles. The summed E-state index contributed by atoms with van der Waals surface area (Å²) in [7, 11) is 0.371. The van der Waals surface area contributed by atoms with Gasteiger partial charge in [0.25, 0.3) is 0 Å². The summed E-state index contributed by atoms with van der Waals surface area (Å²) >= 11 is 0. The van der Waals surface area contributed by atoms with Gasteiger partial charge in [-0.05, 0) is 99.2 Å². The van der Waals surface area contributed by atoms with Gasteiger partial charge in [0.15, 0.2) is 0 Å². The van der Waals surface area contributed by atoms with Gasteiger partial charge in [0.2, 0.25) is 10.0 Å². The molecular weight excluding hydrogens is 422 g/mol. The molecule has 174 valence electrons. The van der Waals surface area contributed by atoms with Crippen LogP contribution in [-0.2, 0) is 28.3 Å².